The van der Waals surface area contributed by atoms with Crippen LogP contribution in [0.5, 0.6) is 0 Å². The number of benzene rings is 2. The highest BCUT2D eigenvalue weighted by Gasteiger charge is 2.40. The molecule has 5 heteroatoms. The first-order valence-corrected chi connectivity index (χ1v) is 10.2. The van der Waals surface area contributed by atoms with Crippen LogP contribution in [0.1, 0.15) is 37.0 Å². The maximum atomic E-state index is 12.6. The summed E-state index contributed by atoms with van der Waals surface area (Å²) in [4.78, 5) is 0.213. The number of halogens is 1. The molecule has 1 aliphatic carbocycles. The Morgan fingerprint density at radius 3 is 2.46 bits per heavy atom. The predicted molar refractivity (Wildman–Crippen MR) is 98.7 cm³/mol. The molecular formula is C19H21BrO3S. The number of fused-ring (bicyclic) bond motifs is 1. The van der Waals surface area contributed by atoms with E-state index in [0.717, 1.165) is 22.0 Å². The lowest BCUT2D eigenvalue weighted by Gasteiger charge is -2.39. The van der Waals surface area contributed by atoms with Crippen molar-refractivity contribution in [1.82, 2.24) is 0 Å². The smallest absolute Gasteiger partial charge is 0.262 e. The topological polar surface area (TPSA) is 43.4 Å². The second-order valence-electron chi connectivity index (χ2n) is 6.91. The summed E-state index contributed by atoms with van der Waals surface area (Å²) in [5.74, 6) is 0. The molecule has 0 spiro atoms. The lowest BCUT2D eigenvalue weighted by Crippen LogP contribution is -2.41. The molecule has 0 radical (unpaired) electrons. The van der Waals surface area contributed by atoms with Crippen molar-refractivity contribution in [2.75, 3.05) is 0 Å². The quantitative estimate of drug-likeness (QED) is 0.687. The molecule has 0 aliphatic heterocycles. The van der Waals surface area contributed by atoms with E-state index in [0.29, 0.717) is 6.42 Å². The fraction of sp³-hybridized carbons (Fsp3) is 0.368. The van der Waals surface area contributed by atoms with Crippen LogP contribution in [-0.4, -0.2) is 14.5 Å². The number of aryl methyl sites for hydroxylation is 2. The Kier molecular flexibility index (Phi) is 4.62. The molecular weight excluding hydrogens is 388 g/mol. The van der Waals surface area contributed by atoms with E-state index in [9.17, 15) is 8.42 Å². The van der Waals surface area contributed by atoms with Crippen molar-refractivity contribution in [3.63, 3.8) is 0 Å². The van der Waals surface area contributed by atoms with Gasteiger partial charge in [-0.15, -0.1) is 0 Å². The maximum absolute atomic E-state index is 12.6. The van der Waals surface area contributed by atoms with Crippen LogP contribution in [-0.2, 0) is 26.1 Å². The van der Waals surface area contributed by atoms with Gasteiger partial charge in [-0.1, -0.05) is 53.5 Å². The SMILES string of the molecule is Cc1ccc(S(=O)(=O)OC2CCc3cc(Br)ccc3C2(C)C)cc1. The number of hydrogen-bond donors (Lipinski definition) is 0. The molecule has 24 heavy (non-hydrogen) atoms. The standard InChI is InChI=1S/C19H21BrO3S/c1-13-4-8-16(9-5-13)24(21,22)23-18-11-6-14-12-15(20)7-10-17(14)19(18,2)3/h4-5,7-10,12,18H,6,11H2,1-3H3. The van der Waals surface area contributed by atoms with Crippen molar-refractivity contribution in [1.29, 1.82) is 0 Å². The van der Waals surface area contributed by atoms with Gasteiger partial charge in [-0.2, -0.15) is 8.42 Å². The normalized spacial score (nSPS) is 19.8. The summed E-state index contributed by atoms with van der Waals surface area (Å²) in [7, 11) is -3.77. The van der Waals surface area contributed by atoms with Gasteiger partial charge in [-0.05, 0) is 55.2 Å². The van der Waals surface area contributed by atoms with Crippen LogP contribution < -0.4 is 0 Å². The molecule has 3 nitrogen and oxygen atoms in total. The molecule has 128 valence electrons. The average molecular weight is 409 g/mol. The molecule has 0 amide bonds. The zero-order chi connectivity index (χ0) is 17.5. The molecule has 0 heterocycles. The summed E-state index contributed by atoms with van der Waals surface area (Å²) in [6, 6.07) is 13.0. The van der Waals surface area contributed by atoms with Crippen molar-refractivity contribution >= 4 is 26.0 Å². The van der Waals surface area contributed by atoms with Gasteiger partial charge in [0.1, 0.15) is 0 Å². The van der Waals surface area contributed by atoms with Crippen LogP contribution in [0.4, 0.5) is 0 Å². The van der Waals surface area contributed by atoms with Crippen LogP contribution in [0.25, 0.3) is 0 Å². The van der Waals surface area contributed by atoms with Crippen LogP contribution in [0.3, 0.4) is 0 Å². The minimum absolute atomic E-state index is 0.213. The molecule has 2 aromatic carbocycles. The van der Waals surface area contributed by atoms with E-state index in [1.165, 1.54) is 5.56 Å². The number of hydrogen-bond acceptors (Lipinski definition) is 3. The van der Waals surface area contributed by atoms with E-state index in [2.05, 4.69) is 28.1 Å². The molecule has 2 aromatic rings. The van der Waals surface area contributed by atoms with Crippen molar-refractivity contribution in [3.05, 3.63) is 63.6 Å². The summed E-state index contributed by atoms with van der Waals surface area (Å²) in [5, 5.41) is 0. The lowest BCUT2D eigenvalue weighted by atomic mass is 9.71. The first-order valence-electron chi connectivity index (χ1n) is 7.99. The summed E-state index contributed by atoms with van der Waals surface area (Å²) >= 11 is 3.50. The predicted octanol–water partition coefficient (Wildman–Crippen LogP) is 4.76. The summed E-state index contributed by atoms with van der Waals surface area (Å²) in [6.07, 6.45) is 1.12. The van der Waals surface area contributed by atoms with Crippen molar-refractivity contribution in [3.8, 4) is 0 Å². The minimum atomic E-state index is -3.77. The zero-order valence-electron chi connectivity index (χ0n) is 14.0. The van der Waals surface area contributed by atoms with Gasteiger partial charge >= 0.3 is 0 Å². The molecule has 3 rings (SSSR count). The first kappa shape index (κ1) is 17.6. The molecule has 0 fully saturated rings. The molecule has 0 N–H and O–H groups in total. The van der Waals surface area contributed by atoms with Crippen LogP contribution in [0, 0.1) is 6.92 Å². The summed E-state index contributed by atoms with van der Waals surface area (Å²) in [6.45, 7) is 6.03. The van der Waals surface area contributed by atoms with Gasteiger partial charge < -0.3 is 0 Å². The third-order valence-corrected chi connectivity index (χ3v) is 6.62. The zero-order valence-corrected chi connectivity index (χ0v) is 16.4. The highest BCUT2D eigenvalue weighted by atomic mass is 79.9. The molecule has 1 unspecified atom stereocenters. The summed E-state index contributed by atoms with van der Waals surface area (Å²) in [5.41, 5.74) is 3.06. The van der Waals surface area contributed by atoms with Crippen molar-refractivity contribution in [2.24, 2.45) is 0 Å². The lowest BCUT2D eigenvalue weighted by molar-refractivity contribution is 0.114. The average Bonchev–Trinajstić information content (AvgIpc) is 2.50. The largest absolute Gasteiger partial charge is 0.297 e. The van der Waals surface area contributed by atoms with E-state index in [-0.39, 0.29) is 16.4 Å². The Labute approximate surface area is 152 Å². The first-order chi connectivity index (χ1) is 11.2. The molecule has 1 aliphatic rings. The Morgan fingerprint density at radius 1 is 1.12 bits per heavy atom. The second kappa shape index (κ2) is 6.28. The molecule has 1 atom stereocenters. The Morgan fingerprint density at radius 2 is 1.79 bits per heavy atom. The van der Waals surface area contributed by atoms with Gasteiger partial charge in [0, 0.05) is 9.89 Å². The van der Waals surface area contributed by atoms with Crippen LogP contribution in [0.2, 0.25) is 0 Å². The van der Waals surface area contributed by atoms with Gasteiger partial charge in [-0.3, -0.25) is 4.18 Å². The molecule has 0 saturated carbocycles. The van der Waals surface area contributed by atoms with E-state index >= 15 is 0 Å². The van der Waals surface area contributed by atoms with Gasteiger partial charge in [-0.25, -0.2) is 0 Å². The highest BCUT2D eigenvalue weighted by molar-refractivity contribution is 9.10. The van der Waals surface area contributed by atoms with E-state index in [4.69, 9.17) is 4.18 Å². The third-order valence-electron chi connectivity index (χ3n) is 4.79. The van der Waals surface area contributed by atoms with Crippen LogP contribution >= 0.6 is 15.9 Å². The van der Waals surface area contributed by atoms with Gasteiger partial charge in [0.15, 0.2) is 0 Å². The Hall–Kier alpha value is -1.17. The Balaban J connectivity index is 1.90. The Bertz CT molecular complexity index is 855. The molecule has 0 saturated heterocycles. The molecule has 0 aromatic heterocycles. The van der Waals surface area contributed by atoms with E-state index < -0.39 is 10.1 Å². The summed E-state index contributed by atoms with van der Waals surface area (Å²) < 4.78 is 32.0. The van der Waals surface area contributed by atoms with Crippen molar-refractivity contribution < 1.29 is 12.6 Å². The van der Waals surface area contributed by atoms with Crippen molar-refractivity contribution in [2.45, 2.75) is 50.0 Å². The third kappa shape index (κ3) is 3.30. The van der Waals surface area contributed by atoms with Gasteiger partial charge in [0.25, 0.3) is 10.1 Å². The monoisotopic (exact) mass is 408 g/mol. The minimum Gasteiger partial charge on any atom is -0.262 e. The van der Waals surface area contributed by atoms with Gasteiger partial charge in [0.2, 0.25) is 0 Å². The maximum Gasteiger partial charge on any atom is 0.297 e. The number of rotatable bonds is 3. The fourth-order valence-electron chi connectivity index (χ4n) is 3.30. The highest BCUT2D eigenvalue weighted by Crippen LogP contribution is 2.40. The fourth-order valence-corrected chi connectivity index (χ4v) is 4.93. The van der Waals surface area contributed by atoms with Crippen LogP contribution in [0.15, 0.2) is 51.8 Å². The van der Waals surface area contributed by atoms with E-state index in [1.807, 2.05) is 26.8 Å². The molecule has 0 bridgehead atoms. The van der Waals surface area contributed by atoms with E-state index in [1.54, 1.807) is 24.3 Å². The second-order valence-corrected chi connectivity index (χ2v) is 9.40. The van der Waals surface area contributed by atoms with Gasteiger partial charge in [0.05, 0.1) is 11.0 Å².